The van der Waals surface area contributed by atoms with Crippen molar-refractivity contribution in [3.63, 3.8) is 0 Å². The second-order valence-corrected chi connectivity index (χ2v) is 8.71. The number of nitrogens with zero attached hydrogens (tertiary/aromatic N) is 4. The van der Waals surface area contributed by atoms with E-state index in [1.165, 1.54) is 29.6 Å². The summed E-state index contributed by atoms with van der Waals surface area (Å²) >= 11 is 0. The van der Waals surface area contributed by atoms with Crippen molar-refractivity contribution < 1.29 is 27.2 Å². The number of sulfonamides is 1. The molecule has 0 saturated carbocycles. The first-order chi connectivity index (χ1) is 15.0. The van der Waals surface area contributed by atoms with Crippen molar-refractivity contribution >= 4 is 16.0 Å². The van der Waals surface area contributed by atoms with Gasteiger partial charge in [-0.2, -0.15) is 9.29 Å². The zero-order chi connectivity index (χ0) is 21.8. The van der Waals surface area contributed by atoms with Gasteiger partial charge in [-0.1, -0.05) is 5.16 Å². The third-order valence-corrected chi connectivity index (χ3v) is 6.72. The molecule has 3 aromatic rings. The molecular weight excluding hydrogens is 424 g/mol. The SMILES string of the molecule is COc1ccc(C(=O)OCc2nc(-c3cccnc3)no2)cc1S(=O)(=O)N1CCCC1. The van der Waals surface area contributed by atoms with Crippen LogP contribution in [-0.2, 0) is 21.4 Å². The lowest BCUT2D eigenvalue weighted by molar-refractivity contribution is 0.0429. The molecule has 31 heavy (non-hydrogen) atoms. The molecule has 0 radical (unpaired) electrons. The summed E-state index contributed by atoms with van der Waals surface area (Å²) in [6.45, 7) is 0.625. The Morgan fingerprint density at radius 1 is 1.23 bits per heavy atom. The van der Waals surface area contributed by atoms with Gasteiger partial charge in [0.25, 0.3) is 5.89 Å². The van der Waals surface area contributed by atoms with E-state index in [1.807, 2.05) is 0 Å². The van der Waals surface area contributed by atoms with Crippen LogP contribution in [0.1, 0.15) is 29.1 Å². The molecule has 0 unspecified atom stereocenters. The van der Waals surface area contributed by atoms with Crippen molar-refractivity contribution in [3.05, 3.63) is 54.2 Å². The van der Waals surface area contributed by atoms with Gasteiger partial charge < -0.3 is 14.0 Å². The van der Waals surface area contributed by atoms with Crippen LogP contribution in [0.25, 0.3) is 11.4 Å². The van der Waals surface area contributed by atoms with Crippen molar-refractivity contribution in [3.8, 4) is 17.1 Å². The second kappa shape index (κ2) is 8.82. The maximum absolute atomic E-state index is 13.0. The molecule has 0 bridgehead atoms. The number of carbonyl (C=O) groups is 1. The number of hydrogen-bond acceptors (Lipinski definition) is 9. The van der Waals surface area contributed by atoms with Crippen LogP contribution in [0.3, 0.4) is 0 Å². The highest BCUT2D eigenvalue weighted by Gasteiger charge is 2.31. The summed E-state index contributed by atoms with van der Waals surface area (Å²) in [5, 5.41) is 3.83. The van der Waals surface area contributed by atoms with Gasteiger partial charge in [0.15, 0.2) is 6.61 Å². The summed E-state index contributed by atoms with van der Waals surface area (Å²) in [5.74, 6) is -0.128. The maximum Gasteiger partial charge on any atom is 0.338 e. The van der Waals surface area contributed by atoms with Crippen LogP contribution in [0.4, 0.5) is 0 Å². The molecule has 0 atom stereocenters. The average molecular weight is 444 g/mol. The van der Waals surface area contributed by atoms with Crippen molar-refractivity contribution in [1.29, 1.82) is 0 Å². The molecule has 2 aromatic heterocycles. The quantitative estimate of drug-likeness (QED) is 0.505. The highest BCUT2D eigenvalue weighted by atomic mass is 32.2. The number of rotatable bonds is 7. The van der Waals surface area contributed by atoms with Crippen molar-refractivity contribution in [2.24, 2.45) is 0 Å². The zero-order valence-electron chi connectivity index (χ0n) is 16.7. The summed E-state index contributed by atoms with van der Waals surface area (Å²) in [5.41, 5.74) is 0.737. The molecule has 162 valence electrons. The molecule has 1 aromatic carbocycles. The first-order valence-corrected chi connectivity index (χ1v) is 11.0. The Kier molecular flexibility index (Phi) is 5.96. The van der Waals surface area contributed by atoms with Gasteiger partial charge in [0.1, 0.15) is 10.6 Å². The van der Waals surface area contributed by atoms with E-state index in [1.54, 1.807) is 24.5 Å². The first kappa shape index (κ1) is 20.9. The number of hydrogen-bond donors (Lipinski definition) is 0. The topological polar surface area (TPSA) is 125 Å². The van der Waals surface area contributed by atoms with Crippen LogP contribution in [0, 0.1) is 0 Å². The lowest BCUT2D eigenvalue weighted by Gasteiger charge is -2.18. The maximum atomic E-state index is 13.0. The minimum atomic E-state index is -3.78. The van der Waals surface area contributed by atoms with E-state index < -0.39 is 16.0 Å². The molecule has 0 aliphatic carbocycles. The highest BCUT2D eigenvalue weighted by Crippen LogP contribution is 2.30. The number of methoxy groups -OCH3 is 1. The van der Waals surface area contributed by atoms with E-state index in [0.29, 0.717) is 24.5 Å². The van der Waals surface area contributed by atoms with Gasteiger partial charge in [0.05, 0.1) is 12.7 Å². The number of ether oxygens (including phenoxy) is 2. The van der Waals surface area contributed by atoms with Gasteiger partial charge in [-0.25, -0.2) is 13.2 Å². The smallest absolute Gasteiger partial charge is 0.338 e. The Bertz CT molecular complexity index is 1170. The molecule has 1 saturated heterocycles. The molecule has 1 aliphatic heterocycles. The summed E-state index contributed by atoms with van der Waals surface area (Å²) in [4.78, 5) is 20.6. The molecular formula is C20H20N4O6S. The predicted molar refractivity (Wildman–Crippen MR) is 108 cm³/mol. The first-order valence-electron chi connectivity index (χ1n) is 9.57. The zero-order valence-corrected chi connectivity index (χ0v) is 17.5. The van der Waals surface area contributed by atoms with Crippen LogP contribution >= 0.6 is 0 Å². The monoisotopic (exact) mass is 444 g/mol. The number of aromatic nitrogens is 3. The molecule has 10 nitrogen and oxygen atoms in total. The fraction of sp³-hybridized carbons (Fsp3) is 0.300. The summed E-state index contributed by atoms with van der Waals surface area (Å²) < 4.78 is 42.8. The van der Waals surface area contributed by atoms with Gasteiger partial charge in [0.2, 0.25) is 15.8 Å². The standard InChI is InChI=1S/C20H20N4O6S/c1-28-16-7-6-14(11-17(16)31(26,27)24-9-2-3-10-24)20(25)29-13-18-22-19(23-30-18)15-5-4-8-21-12-15/h4-8,11-12H,2-3,9-10,13H2,1H3. The Morgan fingerprint density at radius 2 is 2.03 bits per heavy atom. The van der Waals surface area contributed by atoms with Gasteiger partial charge in [-0.15, -0.1) is 0 Å². The number of benzene rings is 1. The summed E-state index contributed by atoms with van der Waals surface area (Å²) in [6, 6.07) is 7.66. The van der Waals surface area contributed by atoms with Crippen molar-refractivity contribution in [2.45, 2.75) is 24.3 Å². The van der Waals surface area contributed by atoms with Crippen molar-refractivity contribution in [2.75, 3.05) is 20.2 Å². The Labute approximate surface area is 178 Å². The number of pyridine rings is 1. The lowest BCUT2D eigenvalue weighted by atomic mass is 10.2. The van der Waals surface area contributed by atoms with E-state index in [-0.39, 0.29) is 28.7 Å². The second-order valence-electron chi connectivity index (χ2n) is 6.81. The van der Waals surface area contributed by atoms with Crippen LogP contribution < -0.4 is 4.74 Å². The molecule has 0 spiro atoms. The van der Waals surface area contributed by atoms with Gasteiger partial charge in [-0.05, 0) is 43.2 Å². The molecule has 1 fully saturated rings. The van der Waals surface area contributed by atoms with Crippen LogP contribution in [0.5, 0.6) is 5.75 Å². The molecule has 11 heteroatoms. The largest absolute Gasteiger partial charge is 0.495 e. The Balaban J connectivity index is 1.49. The Hall–Kier alpha value is -3.31. The van der Waals surface area contributed by atoms with Crippen LogP contribution in [-0.4, -0.2) is 54.0 Å². The lowest BCUT2D eigenvalue weighted by Crippen LogP contribution is -2.28. The van der Waals surface area contributed by atoms with Crippen LogP contribution in [0.15, 0.2) is 52.1 Å². The van der Waals surface area contributed by atoms with E-state index in [0.717, 1.165) is 12.8 Å². The van der Waals surface area contributed by atoms with E-state index >= 15 is 0 Å². The average Bonchev–Trinajstić information content (AvgIpc) is 3.50. The van der Waals surface area contributed by atoms with E-state index in [9.17, 15) is 13.2 Å². The molecule has 3 heterocycles. The number of esters is 1. The number of carbonyl (C=O) groups excluding carboxylic acids is 1. The van der Waals surface area contributed by atoms with Gasteiger partial charge in [-0.3, -0.25) is 4.98 Å². The summed E-state index contributed by atoms with van der Waals surface area (Å²) in [7, 11) is -2.40. The molecule has 0 amide bonds. The Morgan fingerprint density at radius 3 is 2.74 bits per heavy atom. The predicted octanol–water partition coefficient (Wildman–Crippen LogP) is 2.28. The summed E-state index contributed by atoms with van der Waals surface area (Å²) in [6.07, 6.45) is 4.81. The van der Waals surface area contributed by atoms with E-state index in [2.05, 4.69) is 15.1 Å². The van der Waals surface area contributed by atoms with Gasteiger partial charge in [0, 0.05) is 31.0 Å². The molecule has 4 rings (SSSR count). The minimum Gasteiger partial charge on any atom is -0.495 e. The third-order valence-electron chi connectivity index (χ3n) is 4.80. The molecule has 0 N–H and O–H groups in total. The fourth-order valence-corrected chi connectivity index (χ4v) is 4.91. The van der Waals surface area contributed by atoms with Crippen molar-refractivity contribution in [1.82, 2.24) is 19.4 Å². The van der Waals surface area contributed by atoms with Crippen LogP contribution in [0.2, 0.25) is 0 Å². The van der Waals surface area contributed by atoms with E-state index in [4.69, 9.17) is 14.0 Å². The third kappa shape index (κ3) is 4.42. The van der Waals surface area contributed by atoms with Gasteiger partial charge >= 0.3 is 5.97 Å². The normalized spacial score (nSPS) is 14.5. The molecule has 1 aliphatic rings. The highest BCUT2D eigenvalue weighted by molar-refractivity contribution is 7.89. The fourth-order valence-electron chi connectivity index (χ4n) is 3.21. The minimum absolute atomic E-state index is 0.0667.